The molecule has 0 fully saturated rings. The summed E-state index contributed by atoms with van der Waals surface area (Å²) in [5, 5.41) is 10.9. The van der Waals surface area contributed by atoms with E-state index in [-0.39, 0.29) is 11.1 Å². The van der Waals surface area contributed by atoms with Crippen molar-refractivity contribution in [1.82, 2.24) is 4.72 Å². The first-order valence-electron chi connectivity index (χ1n) is 6.79. The molecule has 1 aromatic carbocycles. The third-order valence-corrected chi connectivity index (χ3v) is 4.94. The van der Waals surface area contributed by atoms with Crippen LogP contribution in [0.4, 0.5) is 18.9 Å². The largest absolute Gasteiger partial charge is 0.416 e. The highest BCUT2D eigenvalue weighted by Crippen LogP contribution is 2.37. The van der Waals surface area contributed by atoms with Gasteiger partial charge in [0.15, 0.2) is 0 Å². The van der Waals surface area contributed by atoms with Crippen LogP contribution in [0, 0.1) is 17.0 Å². The summed E-state index contributed by atoms with van der Waals surface area (Å²) in [6.07, 6.45) is -4.70. The summed E-state index contributed by atoms with van der Waals surface area (Å²) in [6.45, 7) is 7.91. The molecule has 0 bridgehead atoms. The van der Waals surface area contributed by atoms with Gasteiger partial charge in [-0.3, -0.25) is 10.1 Å². The van der Waals surface area contributed by atoms with Crippen LogP contribution >= 0.6 is 0 Å². The molecule has 9 heteroatoms. The number of benzene rings is 1. The predicted molar refractivity (Wildman–Crippen MR) is 82.3 cm³/mol. The van der Waals surface area contributed by atoms with E-state index in [9.17, 15) is 27.5 Å². The van der Waals surface area contributed by atoms with Gasteiger partial charge >= 0.3 is 6.18 Å². The Morgan fingerprint density at radius 2 is 1.78 bits per heavy atom. The molecular formula is C14H19F3N2O3S. The average Bonchev–Trinajstić information content (AvgIpc) is 2.35. The van der Waals surface area contributed by atoms with Gasteiger partial charge in [0, 0.05) is 18.2 Å². The van der Waals surface area contributed by atoms with Crippen molar-refractivity contribution in [3.63, 3.8) is 0 Å². The van der Waals surface area contributed by atoms with Crippen LogP contribution in [0.1, 0.15) is 50.4 Å². The minimum absolute atomic E-state index is 0.101. The molecule has 23 heavy (non-hydrogen) atoms. The van der Waals surface area contributed by atoms with Gasteiger partial charge < -0.3 is 0 Å². The first-order valence-corrected chi connectivity index (χ1v) is 7.94. The third kappa shape index (κ3) is 4.74. The van der Waals surface area contributed by atoms with E-state index in [4.69, 9.17) is 0 Å². The number of hydrogen-bond acceptors (Lipinski definition) is 3. The normalized spacial score (nSPS) is 15.3. The zero-order chi connectivity index (χ0) is 18.2. The summed E-state index contributed by atoms with van der Waals surface area (Å²) in [6, 6.07) is 0.866. The summed E-state index contributed by atoms with van der Waals surface area (Å²) >= 11 is 0. The fourth-order valence-electron chi connectivity index (χ4n) is 1.97. The van der Waals surface area contributed by atoms with E-state index in [0.29, 0.717) is 6.07 Å². The van der Waals surface area contributed by atoms with Crippen LogP contribution in [0.2, 0.25) is 0 Å². The zero-order valence-corrected chi connectivity index (χ0v) is 14.3. The highest BCUT2D eigenvalue weighted by Gasteiger charge is 2.36. The van der Waals surface area contributed by atoms with Gasteiger partial charge in [-0.2, -0.15) is 13.2 Å². The van der Waals surface area contributed by atoms with Gasteiger partial charge in [-0.05, 0) is 45.7 Å². The number of hydrogen-bond donors (Lipinski definition) is 1. The van der Waals surface area contributed by atoms with E-state index in [1.807, 2.05) is 0 Å². The lowest BCUT2D eigenvalue weighted by molar-refractivity contribution is -0.385. The molecule has 0 saturated carbocycles. The second-order valence-corrected chi connectivity index (χ2v) is 8.18. The van der Waals surface area contributed by atoms with Crippen molar-refractivity contribution in [1.29, 1.82) is 0 Å². The standard InChI is InChI=1S/C14H19F3N2O3S/c1-8-11(9(2)18-23(22)13(3,4)5)6-10(19(20)21)7-12(8)14(15,16)17/h6-7,9,18H,1-5H3/t9-,23?/m1/s1. The Morgan fingerprint density at radius 1 is 1.26 bits per heavy atom. The van der Waals surface area contributed by atoms with Crippen LogP contribution in [0.5, 0.6) is 0 Å². The molecule has 0 aliphatic rings. The number of alkyl halides is 3. The van der Waals surface area contributed by atoms with Crippen molar-refractivity contribution in [2.45, 2.75) is 51.6 Å². The molecule has 0 saturated heterocycles. The Morgan fingerprint density at radius 3 is 2.17 bits per heavy atom. The Bertz CT molecular complexity index is 639. The number of nitrogens with one attached hydrogen (secondary N) is 1. The van der Waals surface area contributed by atoms with Crippen molar-refractivity contribution in [3.05, 3.63) is 38.9 Å². The second-order valence-electron chi connectivity index (χ2n) is 6.18. The Balaban J connectivity index is 3.37. The monoisotopic (exact) mass is 352 g/mol. The van der Waals surface area contributed by atoms with Gasteiger partial charge in [0.2, 0.25) is 0 Å². The van der Waals surface area contributed by atoms with Gasteiger partial charge in [0.1, 0.15) is 0 Å². The molecule has 1 N–H and O–H groups in total. The molecule has 0 aromatic heterocycles. The highest BCUT2D eigenvalue weighted by atomic mass is 32.2. The second kappa shape index (κ2) is 6.56. The number of halogens is 3. The molecule has 0 aliphatic carbocycles. The molecular weight excluding hydrogens is 333 g/mol. The maximum absolute atomic E-state index is 13.1. The van der Waals surface area contributed by atoms with Crippen molar-refractivity contribution in [2.75, 3.05) is 0 Å². The van der Waals surface area contributed by atoms with Crippen LogP contribution in [0.3, 0.4) is 0 Å². The van der Waals surface area contributed by atoms with Gasteiger partial charge in [0.25, 0.3) is 5.69 Å². The molecule has 0 amide bonds. The van der Waals surface area contributed by atoms with Gasteiger partial charge in [-0.1, -0.05) is 0 Å². The van der Waals surface area contributed by atoms with Crippen molar-refractivity contribution >= 4 is 16.7 Å². The van der Waals surface area contributed by atoms with Crippen LogP contribution in [0.25, 0.3) is 0 Å². The lowest BCUT2D eigenvalue weighted by atomic mass is 9.96. The zero-order valence-electron chi connectivity index (χ0n) is 13.4. The lowest BCUT2D eigenvalue weighted by Gasteiger charge is -2.24. The highest BCUT2D eigenvalue weighted by molar-refractivity contribution is 7.84. The fourth-order valence-corrected chi connectivity index (χ4v) is 2.77. The number of nitro groups is 1. The van der Waals surface area contributed by atoms with E-state index in [2.05, 4.69) is 4.72 Å². The van der Waals surface area contributed by atoms with Crippen LogP contribution in [0.15, 0.2) is 12.1 Å². The molecule has 1 rings (SSSR count). The summed E-state index contributed by atoms with van der Waals surface area (Å²) in [7, 11) is -1.52. The minimum Gasteiger partial charge on any atom is -0.258 e. The van der Waals surface area contributed by atoms with Crippen LogP contribution < -0.4 is 4.72 Å². The van der Waals surface area contributed by atoms with Gasteiger partial charge in [-0.15, -0.1) is 0 Å². The molecule has 130 valence electrons. The molecule has 0 aliphatic heterocycles. The minimum atomic E-state index is -4.70. The van der Waals surface area contributed by atoms with E-state index in [1.54, 1.807) is 20.8 Å². The molecule has 0 radical (unpaired) electrons. The SMILES string of the molecule is Cc1c([C@@H](C)NS(=O)C(C)(C)C)cc([N+](=O)[O-])cc1C(F)(F)F. The predicted octanol–water partition coefficient (Wildman–Crippen LogP) is 4.03. The van der Waals surface area contributed by atoms with Crippen LogP contribution in [-0.4, -0.2) is 13.9 Å². The lowest BCUT2D eigenvalue weighted by Crippen LogP contribution is -2.35. The number of rotatable bonds is 4. The average molecular weight is 352 g/mol. The van der Waals surface area contributed by atoms with Gasteiger partial charge in [-0.25, -0.2) is 8.93 Å². The van der Waals surface area contributed by atoms with Crippen molar-refractivity contribution < 1.29 is 22.3 Å². The number of nitro benzene ring substituents is 1. The Labute approximate surface area is 135 Å². The maximum atomic E-state index is 13.1. The van der Waals surface area contributed by atoms with Gasteiger partial charge in [0.05, 0.1) is 26.2 Å². The molecule has 2 atom stereocenters. The molecule has 5 nitrogen and oxygen atoms in total. The molecule has 0 spiro atoms. The Hall–Kier alpha value is -1.48. The summed E-state index contributed by atoms with van der Waals surface area (Å²) in [5.74, 6) is 0. The van der Waals surface area contributed by atoms with Crippen LogP contribution in [-0.2, 0) is 17.2 Å². The first-order chi connectivity index (χ1) is 10.2. The fraction of sp³-hybridized carbons (Fsp3) is 0.571. The summed E-state index contributed by atoms with van der Waals surface area (Å²) in [5.41, 5.74) is -1.72. The van der Waals surface area contributed by atoms with E-state index in [0.717, 1.165) is 6.07 Å². The first kappa shape index (κ1) is 19.6. The van der Waals surface area contributed by atoms with E-state index in [1.165, 1.54) is 13.8 Å². The molecule has 1 aromatic rings. The number of nitrogens with zero attached hydrogens (tertiary/aromatic N) is 1. The maximum Gasteiger partial charge on any atom is 0.416 e. The van der Waals surface area contributed by atoms with E-state index >= 15 is 0 Å². The number of non-ortho nitro benzene ring substituents is 1. The smallest absolute Gasteiger partial charge is 0.258 e. The third-order valence-electron chi connectivity index (χ3n) is 3.26. The quantitative estimate of drug-likeness (QED) is 0.657. The Kier molecular flexibility index (Phi) is 5.58. The topological polar surface area (TPSA) is 72.2 Å². The van der Waals surface area contributed by atoms with Crippen molar-refractivity contribution in [2.24, 2.45) is 0 Å². The molecule has 0 heterocycles. The van der Waals surface area contributed by atoms with E-state index < -0.39 is 44.1 Å². The van der Waals surface area contributed by atoms with Crippen molar-refractivity contribution in [3.8, 4) is 0 Å². The summed E-state index contributed by atoms with van der Waals surface area (Å²) in [4.78, 5) is 10.0. The summed E-state index contributed by atoms with van der Waals surface area (Å²) < 4.78 is 53.4. The molecule has 1 unspecified atom stereocenters.